The molecular weight excluding hydrogens is 299 g/mol. The van der Waals surface area contributed by atoms with Crippen LogP contribution in [0.15, 0.2) is 54.6 Å². The highest BCUT2D eigenvalue weighted by Crippen LogP contribution is 2.34. The van der Waals surface area contributed by atoms with Crippen molar-refractivity contribution in [3.05, 3.63) is 60.4 Å². The molecule has 0 amide bonds. The number of hydrogen-bond donors (Lipinski definition) is 0. The Kier molecular flexibility index (Phi) is 4.24. The Morgan fingerprint density at radius 3 is 2.30 bits per heavy atom. The van der Waals surface area contributed by atoms with E-state index in [1.54, 1.807) is 12.1 Å². The molecule has 0 aliphatic carbocycles. The van der Waals surface area contributed by atoms with Crippen molar-refractivity contribution in [1.29, 1.82) is 0 Å². The summed E-state index contributed by atoms with van der Waals surface area (Å²) < 4.78 is 36.3. The second-order valence-corrected chi connectivity index (χ2v) is 5.86. The average molecular weight is 318 g/mol. The zero-order chi connectivity index (χ0) is 16.3. The molecule has 1 saturated heterocycles. The molecule has 5 heteroatoms. The quantitative estimate of drug-likeness (QED) is 0.841. The predicted octanol–water partition coefficient (Wildman–Crippen LogP) is 3.76. The van der Waals surface area contributed by atoms with E-state index >= 15 is 0 Å². The highest BCUT2D eigenvalue weighted by atomic mass is 19.1. The molecule has 1 aliphatic heterocycles. The molecule has 0 aromatic heterocycles. The lowest BCUT2D eigenvalue weighted by molar-refractivity contribution is -0.227. The fourth-order valence-corrected chi connectivity index (χ4v) is 2.37. The molecule has 0 bridgehead atoms. The van der Waals surface area contributed by atoms with Crippen molar-refractivity contribution in [3.63, 3.8) is 0 Å². The van der Waals surface area contributed by atoms with Crippen LogP contribution in [0.25, 0.3) is 0 Å². The summed E-state index contributed by atoms with van der Waals surface area (Å²) in [6.45, 7) is 3.98. The standard InChI is InChI=1S/C18H19FO4/c1-17(2)21-13-18(23-17,12-20-15-6-4-3-5-7-15)22-16-10-8-14(19)9-11-16/h3-11H,12-13H2,1-2H3. The van der Waals surface area contributed by atoms with Crippen LogP contribution in [0, 0.1) is 5.82 Å². The van der Waals surface area contributed by atoms with E-state index in [1.807, 2.05) is 44.2 Å². The number of hydrogen-bond acceptors (Lipinski definition) is 4. The van der Waals surface area contributed by atoms with Crippen molar-refractivity contribution < 1.29 is 23.3 Å². The maximum atomic E-state index is 13.1. The minimum Gasteiger partial charge on any atom is -0.487 e. The Balaban J connectivity index is 1.76. The van der Waals surface area contributed by atoms with E-state index in [9.17, 15) is 4.39 Å². The minimum atomic E-state index is -1.09. The van der Waals surface area contributed by atoms with Gasteiger partial charge in [-0.2, -0.15) is 0 Å². The maximum absolute atomic E-state index is 13.1. The topological polar surface area (TPSA) is 36.9 Å². The Labute approximate surface area is 134 Å². The second-order valence-electron chi connectivity index (χ2n) is 5.86. The van der Waals surface area contributed by atoms with Crippen molar-refractivity contribution in [2.75, 3.05) is 13.2 Å². The molecule has 1 aliphatic rings. The van der Waals surface area contributed by atoms with Crippen molar-refractivity contribution >= 4 is 0 Å². The Hall–Kier alpha value is -2.11. The van der Waals surface area contributed by atoms with Gasteiger partial charge in [0.25, 0.3) is 5.79 Å². The van der Waals surface area contributed by atoms with Gasteiger partial charge in [-0.25, -0.2) is 4.39 Å². The van der Waals surface area contributed by atoms with Crippen LogP contribution in [0.3, 0.4) is 0 Å². The molecule has 0 radical (unpaired) electrons. The van der Waals surface area contributed by atoms with E-state index in [0.717, 1.165) is 0 Å². The molecular formula is C18H19FO4. The molecule has 0 N–H and O–H groups in total. The molecule has 3 rings (SSSR count). The van der Waals surface area contributed by atoms with Crippen LogP contribution in [0.1, 0.15) is 13.8 Å². The van der Waals surface area contributed by atoms with Crippen LogP contribution >= 0.6 is 0 Å². The van der Waals surface area contributed by atoms with E-state index in [4.69, 9.17) is 18.9 Å². The smallest absolute Gasteiger partial charge is 0.270 e. The Bertz CT molecular complexity index is 642. The number of rotatable bonds is 5. The van der Waals surface area contributed by atoms with Crippen LogP contribution in [0.5, 0.6) is 11.5 Å². The SMILES string of the molecule is CC1(C)OCC(COc2ccccc2)(Oc2ccc(F)cc2)O1. The van der Waals surface area contributed by atoms with E-state index in [-0.39, 0.29) is 19.0 Å². The van der Waals surface area contributed by atoms with Gasteiger partial charge in [-0.1, -0.05) is 18.2 Å². The van der Waals surface area contributed by atoms with Crippen molar-refractivity contribution in [2.45, 2.75) is 25.4 Å². The number of benzene rings is 2. The van der Waals surface area contributed by atoms with Gasteiger partial charge in [0.05, 0.1) is 0 Å². The number of ether oxygens (including phenoxy) is 4. The van der Waals surface area contributed by atoms with Crippen molar-refractivity contribution in [3.8, 4) is 11.5 Å². The third-order valence-electron chi connectivity index (χ3n) is 3.39. The normalized spacial score (nSPS) is 22.7. The van der Waals surface area contributed by atoms with Crippen molar-refractivity contribution in [1.82, 2.24) is 0 Å². The van der Waals surface area contributed by atoms with E-state index in [0.29, 0.717) is 11.5 Å². The second kappa shape index (κ2) is 6.18. The molecule has 1 heterocycles. The van der Waals surface area contributed by atoms with Crippen LogP contribution in [0.2, 0.25) is 0 Å². The van der Waals surface area contributed by atoms with Gasteiger partial charge in [0.15, 0.2) is 12.4 Å². The van der Waals surface area contributed by atoms with Crippen LogP contribution in [0.4, 0.5) is 4.39 Å². The first kappa shape index (κ1) is 15.8. The highest BCUT2D eigenvalue weighted by Gasteiger charge is 2.48. The summed E-state index contributed by atoms with van der Waals surface area (Å²) in [7, 11) is 0. The fourth-order valence-electron chi connectivity index (χ4n) is 2.37. The zero-order valence-electron chi connectivity index (χ0n) is 13.1. The Morgan fingerprint density at radius 2 is 1.70 bits per heavy atom. The van der Waals surface area contributed by atoms with E-state index in [2.05, 4.69) is 0 Å². The summed E-state index contributed by atoms with van der Waals surface area (Å²) >= 11 is 0. The number of para-hydroxylation sites is 1. The Morgan fingerprint density at radius 1 is 1.00 bits per heavy atom. The molecule has 122 valence electrons. The van der Waals surface area contributed by atoms with Gasteiger partial charge >= 0.3 is 0 Å². The zero-order valence-corrected chi connectivity index (χ0v) is 13.1. The molecule has 0 saturated carbocycles. The first-order valence-corrected chi connectivity index (χ1v) is 7.43. The predicted molar refractivity (Wildman–Crippen MR) is 82.8 cm³/mol. The van der Waals surface area contributed by atoms with E-state index < -0.39 is 11.6 Å². The molecule has 23 heavy (non-hydrogen) atoms. The molecule has 2 aromatic rings. The summed E-state index contributed by atoms with van der Waals surface area (Å²) in [6.07, 6.45) is 0. The third-order valence-corrected chi connectivity index (χ3v) is 3.39. The lowest BCUT2D eigenvalue weighted by Crippen LogP contribution is -2.46. The summed E-state index contributed by atoms with van der Waals surface area (Å²) in [4.78, 5) is 0. The summed E-state index contributed by atoms with van der Waals surface area (Å²) in [5, 5.41) is 0. The highest BCUT2D eigenvalue weighted by molar-refractivity contribution is 5.24. The molecule has 1 unspecified atom stereocenters. The fraction of sp³-hybridized carbons (Fsp3) is 0.333. The van der Waals surface area contributed by atoms with Gasteiger partial charge in [-0.3, -0.25) is 0 Å². The van der Waals surface area contributed by atoms with Gasteiger partial charge in [-0.15, -0.1) is 0 Å². The van der Waals surface area contributed by atoms with Gasteiger partial charge in [0.2, 0.25) is 0 Å². The molecule has 2 aromatic carbocycles. The summed E-state index contributed by atoms with van der Waals surface area (Å²) in [5.74, 6) is -0.986. The lowest BCUT2D eigenvalue weighted by atomic mass is 10.3. The van der Waals surface area contributed by atoms with Gasteiger partial charge in [0, 0.05) is 0 Å². The van der Waals surface area contributed by atoms with E-state index in [1.165, 1.54) is 12.1 Å². The van der Waals surface area contributed by atoms with Gasteiger partial charge in [-0.05, 0) is 50.2 Å². The minimum absolute atomic E-state index is 0.151. The van der Waals surface area contributed by atoms with Crippen LogP contribution in [-0.2, 0) is 9.47 Å². The largest absolute Gasteiger partial charge is 0.487 e. The van der Waals surface area contributed by atoms with Crippen molar-refractivity contribution in [2.24, 2.45) is 0 Å². The maximum Gasteiger partial charge on any atom is 0.270 e. The summed E-state index contributed by atoms with van der Waals surface area (Å²) in [6, 6.07) is 15.2. The van der Waals surface area contributed by atoms with Crippen LogP contribution < -0.4 is 9.47 Å². The number of halogens is 1. The first-order valence-electron chi connectivity index (χ1n) is 7.43. The molecule has 4 nitrogen and oxygen atoms in total. The van der Waals surface area contributed by atoms with Gasteiger partial charge in [0.1, 0.15) is 23.9 Å². The lowest BCUT2D eigenvalue weighted by Gasteiger charge is -2.29. The van der Waals surface area contributed by atoms with Gasteiger partial charge < -0.3 is 18.9 Å². The molecule has 0 spiro atoms. The first-order chi connectivity index (χ1) is 11.0. The average Bonchev–Trinajstić information content (AvgIpc) is 2.84. The molecule has 1 atom stereocenters. The summed E-state index contributed by atoms with van der Waals surface area (Å²) in [5.41, 5.74) is 0. The van der Waals surface area contributed by atoms with Crippen LogP contribution in [-0.4, -0.2) is 24.8 Å². The molecule has 1 fully saturated rings. The monoisotopic (exact) mass is 318 g/mol. The third kappa shape index (κ3) is 4.00.